The Labute approximate surface area is 163 Å². The molecule has 2 aliphatic heterocycles. The normalized spacial score (nSPS) is 20.3. The first-order chi connectivity index (χ1) is 13.1. The van der Waals surface area contributed by atoms with E-state index in [2.05, 4.69) is 9.88 Å². The number of pyridine rings is 1. The molecule has 0 bridgehead atoms. The first-order valence-electron chi connectivity index (χ1n) is 9.15. The number of hydrogen-bond acceptors (Lipinski definition) is 4. The number of aromatic nitrogens is 1. The molecule has 4 rings (SSSR count). The summed E-state index contributed by atoms with van der Waals surface area (Å²) in [6.45, 7) is 3.24. The maximum Gasteiger partial charge on any atom is 0.239 e. The van der Waals surface area contributed by atoms with Gasteiger partial charge in [0.25, 0.3) is 0 Å². The number of anilines is 2. The van der Waals surface area contributed by atoms with Gasteiger partial charge in [-0.1, -0.05) is 17.7 Å². The molecule has 0 unspecified atom stereocenters. The average molecular weight is 385 g/mol. The Hall–Kier alpha value is -2.60. The molecule has 0 N–H and O–H groups in total. The molecule has 27 heavy (non-hydrogen) atoms. The van der Waals surface area contributed by atoms with Gasteiger partial charge in [0, 0.05) is 49.6 Å². The van der Waals surface area contributed by atoms with Crippen molar-refractivity contribution in [3.8, 4) is 0 Å². The molecule has 1 aromatic heterocycles. The molecule has 2 amide bonds. The van der Waals surface area contributed by atoms with E-state index in [0.717, 1.165) is 24.6 Å². The van der Waals surface area contributed by atoms with Crippen LogP contribution in [0.5, 0.6) is 0 Å². The van der Waals surface area contributed by atoms with E-state index in [0.29, 0.717) is 31.1 Å². The fourth-order valence-electron chi connectivity index (χ4n) is 3.70. The fraction of sp³-hybridized carbons (Fsp3) is 0.350. The smallest absolute Gasteiger partial charge is 0.239 e. The van der Waals surface area contributed by atoms with Crippen molar-refractivity contribution in [1.82, 2.24) is 9.88 Å². The standard InChI is InChI=1S/C20H21ClN4O2/c21-15-4-6-16(7-5-15)25-10-8-17(20(25)27)19(26)24-13-11-23(12-14-24)18-3-1-2-9-22-18/h1-7,9,17H,8,10-14H2/t17-/m0/s1. The molecule has 2 fully saturated rings. The molecule has 2 aliphatic rings. The van der Waals surface area contributed by atoms with Gasteiger partial charge in [-0.25, -0.2) is 4.98 Å². The Morgan fingerprint density at radius 1 is 1.00 bits per heavy atom. The minimum Gasteiger partial charge on any atom is -0.353 e. The zero-order valence-electron chi connectivity index (χ0n) is 14.9. The lowest BCUT2D eigenvalue weighted by Crippen LogP contribution is -2.51. The van der Waals surface area contributed by atoms with Gasteiger partial charge in [-0.15, -0.1) is 0 Å². The van der Waals surface area contributed by atoms with E-state index in [1.54, 1.807) is 23.2 Å². The predicted molar refractivity (Wildman–Crippen MR) is 105 cm³/mol. The van der Waals surface area contributed by atoms with Gasteiger partial charge < -0.3 is 14.7 Å². The summed E-state index contributed by atoms with van der Waals surface area (Å²) in [7, 11) is 0. The summed E-state index contributed by atoms with van der Waals surface area (Å²) in [5.41, 5.74) is 0.791. The molecule has 6 nitrogen and oxygen atoms in total. The Morgan fingerprint density at radius 3 is 2.41 bits per heavy atom. The Bertz CT molecular complexity index is 820. The lowest BCUT2D eigenvalue weighted by molar-refractivity contribution is -0.140. The van der Waals surface area contributed by atoms with Crippen LogP contribution in [0.15, 0.2) is 48.7 Å². The van der Waals surface area contributed by atoms with Crippen LogP contribution in [-0.2, 0) is 9.59 Å². The number of rotatable bonds is 3. The van der Waals surface area contributed by atoms with Gasteiger partial charge in [-0.2, -0.15) is 0 Å². The number of halogens is 1. The largest absolute Gasteiger partial charge is 0.353 e. The SMILES string of the molecule is O=C([C@@H]1CCN(c2ccc(Cl)cc2)C1=O)N1CCN(c2ccccn2)CC1. The summed E-state index contributed by atoms with van der Waals surface area (Å²) >= 11 is 5.92. The highest BCUT2D eigenvalue weighted by Gasteiger charge is 2.40. The van der Waals surface area contributed by atoms with E-state index >= 15 is 0 Å². The van der Waals surface area contributed by atoms with Gasteiger partial charge in [-0.05, 0) is 42.8 Å². The Morgan fingerprint density at radius 2 is 1.74 bits per heavy atom. The predicted octanol–water partition coefficient (Wildman–Crippen LogP) is 2.44. The summed E-state index contributed by atoms with van der Waals surface area (Å²) in [6, 6.07) is 13.0. The van der Waals surface area contributed by atoms with Crippen molar-refractivity contribution in [2.24, 2.45) is 5.92 Å². The van der Waals surface area contributed by atoms with Gasteiger partial charge in [0.2, 0.25) is 11.8 Å². The first kappa shape index (κ1) is 17.8. The zero-order chi connectivity index (χ0) is 18.8. The number of benzene rings is 1. The summed E-state index contributed by atoms with van der Waals surface area (Å²) < 4.78 is 0. The molecule has 1 aromatic carbocycles. The van der Waals surface area contributed by atoms with Crippen molar-refractivity contribution in [2.45, 2.75) is 6.42 Å². The quantitative estimate of drug-likeness (QED) is 0.763. The third kappa shape index (κ3) is 3.62. The topological polar surface area (TPSA) is 56.8 Å². The third-order valence-electron chi connectivity index (χ3n) is 5.21. The maximum atomic E-state index is 12.9. The summed E-state index contributed by atoms with van der Waals surface area (Å²) in [5, 5.41) is 0.629. The van der Waals surface area contributed by atoms with Crippen LogP contribution in [0.25, 0.3) is 0 Å². The molecule has 0 radical (unpaired) electrons. The van der Waals surface area contributed by atoms with E-state index in [1.165, 1.54) is 0 Å². The maximum absolute atomic E-state index is 12.9. The van der Waals surface area contributed by atoms with Crippen molar-refractivity contribution in [2.75, 3.05) is 42.5 Å². The summed E-state index contributed by atoms with van der Waals surface area (Å²) in [6.07, 6.45) is 2.33. The minimum absolute atomic E-state index is 0.0582. The van der Waals surface area contributed by atoms with Crippen LogP contribution in [0.2, 0.25) is 5.02 Å². The molecule has 0 saturated carbocycles. The number of nitrogens with zero attached hydrogens (tertiary/aromatic N) is 4. The molecule has 2 aromatic rings. The van der Waals surface area contributed by atoms with E-state index < -0.39 is 5.92 Å². The lowest BCUT2D eigenvalue weighted by atomic mass is 10.1. The van der Waals surface area contributed by atoms with Crippen LogP contribution in [0.1, 0.15) is 6.42 Å². The Balaban J connectivity index is 1.38. The van der Waals surface area contributed by atoms with Gasteiger partial charge in [0.05, 0.1) is 0 Å². The summed E-state index contributed by atoms with van der Waals surface area (Å²) in [4.78, 5) is 35.7. The highest BCUT2D eigenvalue weighted by molar-refractivity contribution is 6.30. The van der Waals surface area contributed by atoms with Crippen LogP contribution < -0.4 is 9.80 Å². The number of amides is 2. The van der Waals surface area contributed by atoms with Crippen molar-refractivity contribution in [3.05, 3.63) is 53.7 Å². The highest BCUT2D eigenvalue weighted by Crippen LogP contribution is 2.28. The van der Waals surface area contributed by atoms with Crippen LogP contribution in [0, 0.1) is 5.92 Å². The molecule has 1 atom stereocenters. The minimum atomic E-state index is -0.581. The highest BCUT2D eigenvalue weighted by atomic mass is 35.5. The number of hydrogen-bond donors (Lipinski definition) is 0. The first-order valence-corrected chi connectivity index (χ1v) is 9.53. The second-order valence-electron chi connectivity index (χ2n) is 6.81. The summed E-state index contributed by atoms with van der Waals surface area (Å²) in [5.74, 6) is 0.171. The van der Waals surface area contributed by atoms with Crippen molar-refractivity contribution in [1.29, 1.82) is 0 Å². The van der Waals surface area contributed by atoms with Crippen molar-refractivity contribution < 1.29 is 9.59 Å². The van der Waals surface area contributed by atoms with Crippen molar-refractivity contribution >= 4 is 34.9 Å². The third-order valence-corrected chi connectivity index (χ3v) is 5.46. The molecule has 0 spiro atoms. The van der Waals surface area contributed by atoms with E-state index in [-0.39, 0.29) is 11.8 Å². The second-order valence-corrected chi connectivity index (χ2v) is 7.24. The second kappa shape index (κ2) is 7.56. The number of carbonyl (C=O) groups excluding carboxylic acids is 2. The van der Waals surface area contributed by atoms with E-state index in [1.807, 2.05) is 35.2 Å². The molecule has 0 aliphatic carbocycles. The average Bonchev–Trinajstić information content (AvgIpc) is 3.10. The van der Waals surface area contributed by atoms with Crippen LogP contribution in [-0.4, -0.2) is 54.4 Å². The molecular formula is C20H21ClN4O2. The van der Waals surface area contributed by atoms with Crippen LogP contribution >= 0.6 is 11.6 Å². The molecule has 3 heterocycles. The van der Waals surface area contributed by atoms with Gasteiger partial charge >= 0.3 is 0 Å². The van der Waals surface area contributed by atoms with Gasteiger partial charge in [0.15, 0.2) is 0 Å². The van der Waals surface area contributed by atoms with Crippen molar-refractivity contribution in [3.63, 3.8) is 0 Å². The molecule has 2 saturated heterocycles. The molecule has 140 valence electrons. The molecule has 7 heteroatoms. The van der Waals surface area contributed by atoms with Crippen LogP contribution in [0.4, 0.5) is 11.5 Å². The Kier molecular flexibility index (Phi) is 4.99. The molecular weight excluding hydrogens is 364 g/mol. The number of carbonyl (C=O) groups is 2. The van der Waals surface area contributed by atoms with E-state index in [4.69, 9.17) is 11.6 Å². The monoisotopic (exact) mass is 384 g/mol. The zero-order valence-corrected chi connectivity index (χ0v) is 15.7. The van der Waals surface area contributed by atoms with Gasteiger partial charge in [0.1, 0.15) is 11.7 Å². The number of piperazine rings is 1. The van der Waals surface area contributed by atoms with Crippen LogP contribution in [0.3, 0.4) is 0 Å². The van der Waals surface area contributed by atoms with Gasteiger partial charge in [-0.3, -0.25) is 9.59 Å². The fourth-order valence-corrected chi connectivity index (χ4v) is 3.83. The van der Waals surface area contributed by atoms with E-state index in [9.17, 15) is 9.59 Å². The lowest BCUT2D eigenvalue weighted by Gasteiger charge is -2.36.